The van der Waals surface area contributed by atoms with Gasteiger partial charge in [-0.3, -0.25) is 0 Å². The Morgan fingerprint density at radius 3 is 2.94 bits per heavy atom. The van der Waals surface area contributed by atoms with Crippen LogP contribution in [0.25, 0.3) is 0 Å². The van der Waals surface area contributed by atoms with E-state index >= 15 is 0 Å². The summed E-state index contributed by atoms with van der Waals surface area (Å²) in [7, 11) is 0. The van der Waals surface area contributed by atoms with E-state index in [4.69, 9.17) is 4.74 Å². The van der Waals surface area contributed by atoms with Crippen LogP contribution in [0.5, 0.6) is 0 Å². The molecule has 0 spiro atoms. The molecule has 0 aromatic carbocycles. The van der Waals surface area contributed by atoms with Crippen molar-refractivity contribution >= 4 is 11.3 Å². The summed E-state index contributed by atoms with van der Waals surface area (Å²) in [5, 5.41) is 17.4. The SMILES string of the molecule is CC(NCC(O)COC1CCCC1)c1ccsc1. The Morgan fingerprint density at radius 2 is 2.28 bits per heavy atom. The van der Waals surface area contributed by atoms with E-state index in [1.807, 2.05) is 0 Å². The molecule has 1 heterocycles. The van der Waals surface area contributed by atoms with Crippen LogP contribution >= 0.6 is 11.3 Å². The van der Waals surface area contributed by atoms with Crippen molar-refractivity contribution in [1.29, 1.82) is 0 Å². The van der Waals surface area contributed by atoms with Gasteiger partial charge in [0.25, 0.3) is 0 Å². The second kappa shape index (κ2) is 7.24. The second-order valence-electron chi connectivity index (χ2n) is 5.08. The number of rotatable bonds is 7. The first-order chi connectivity index (χ1) is 8.75. The summed E-state index contributed by atoms with van der Waals surface area (Å²) in [5.41, 5.74) is 1.28. The molecule has 2 unspecified atom stereocenters. The minimum atomic E-state index is -0.410. The number of aliphatic hydroxyl groups excluding tert-OH is 1. The van der Waals surface area contributed by atoms with Crippen molar-refractivity contribution in [2.45, 2.75) is 50.9 Å². The van der Waals surface area contributed by atoms with Crippen LogP contribution in [0, 0.1) is 0 Å². The van der Waals surface area contributed by atoms with E-state index in [0.717, 1.165) is 12.8 Å². The van der Waals surface area contributed by atoms with E-state index in [1.54, 1.807) is 11.3 Å². The summed E-state index contributed by atoms with van der Waals surface area (Å²) in [4.78, 5) is 0. The predicted octanol–water partition coefficient (Wildman–Crippen LogP) is 2.72. The summed E-state index contributed by atoms with van der Waals surface area (Å²) in [6, 6.07) is 2.40. The molecule has 1 aromatic rings. The minimum absolute atomic E-state index is 0.289. The highest BCUT2D eigenvalue weighted by atomic mass is 32.1. The lowest BCUT2D eigenvalue weighted by molar-refractivity contribution is -0.00609. The van der Waals surface area contributed by atoms with Crippen molar-refractivity contribution in [1.82, 2.24) is 5.32 Å². The standard InChI is InChI=1S/C14H23NO2S/c1-11(12-6-7-18-10-12)15-8-13(16)9-17-14-4-2-3-5-14/h6-7,10-11,13-16H,2-5,8-9H2,1H3. The molecule has 2 atom stereocenters. The molecule has 0 radical (unpaired) electrons. The zero-order chi connectivity index (χ0) is 12.8. The highest BCUT2D eigenvalue weighted by Gasteiger charge is 2.17. The number of nitrogens with one attached hydrogen (secondary N) is 1. The van der Waals surface area contributed by atoms with Gasteiger partial charge in [-0.25, -0.2) is 0 Å². The number of thiophene rings is 1. The predicted molar refractivity (Wildman–Crippen MR) is 75.0 cm³/mol. The normalized spacial score (nSPS) is 20.1. The summed E-state index contributed by atoms with van der Waals surface area (Å²) in [5.74, 6) is 0. The Bertz CT molecular complexity index is 323. The molecular formula is C14H23NO2S. The zero-order valence-corrected chi connectivity index (χ0v) is 11.8. The maximum absolute atomic E-state index is 9.87. The first-order valence-corrected chi connectivity index (χ1v) is 7.75. The summed E-state index contributed by atoms with van der Waals surface area (Å²) < 4.78 is 5.70. The van der Waals surface area contributed by atoms with Gasteiger partial charge in [0, 0.05) is 12.6 Å². The highest BCUT2D eigenvalue weighted by molar-refractivity contribution is 7.07. The lowest BCUT2D eigenvalue weighted by Gasteiger charge is -2.18. The molecule has 0 saturated heterocycles. The fourth-order valence-corrected chi connectivity index (χ4v) is 3.07. The van der Waals surface area contributed by atoms with Crippen LogP contribution in [0.4, 0.5) is 0 Å². The largest absolute Gasteiger partial charge is 0.389 e. The molecule has 1 aromatic heterocycles. The van der Waals surface area contributed by atoms with Crippen molar-refractivity contribution in [2.75, 3.05) is 13.2 Å². The lowest BCUT2D eigenvalue weighted by Crippen LogP contribution is -2.33. The van der Waals surface area contributed by atoms with Crippen LogP contribution < -0.4 is 5.32 Å². The Hall–Kier alpha value is -0.420. The van der Waals surface area contributed by atoms with Crippen molar-refractivity contribution < 1.29 is 9.84 Å². The van der Waals surface area contributed by atoms with Gasteiger partial charge in [0.2, 0.25) is 0 Å². The molecule has 0 amide bonds. The van der Waals surface area contributed by atoms with Gasteiger partial charge in [-0.2, -0.15) is 11.3 Å². The van der Waals surface area contributed by atoms with E-state index < -0.39 is 6.10 Å². The fourth-order valence-electron chi connectivity index (χ4n) is 2.31. The second-order valence-corrected chi connectivity index (χ2v) is 5.86. The first kappa shape index (κ1) is 14.0. The Labute approximate surface area is 113 Å². The van der Waals surface area contributed by atoms with E-state index in [9.17, 15) is 5.11 Å². The number of hydrogen-bond acceptors (Lipinski definition) is 4. The van der Waals surface area contributed by atoms with Crippen LogP contribution in [0.2, 0.25) is 0 Å². The Kier molecular flexibility index (Phi) is 5.63. The molecule has 2 N–H and O–H groups in total. The molecule has 102 valence electrons. The van der Waals surface area contributed by atoms with Crippen LogP contribution in [0.15, 0.2) is 16.8 Å². The van der Waals surface area contributed by atoms with Crippen LogP contribution in [-0.2, 0) is 4.74 Å². The average molecular weight is 269 g/mol. The smallest absolute Gasteiger partial charge is 0.0898 e. The molecule has 1 aliphatic carbocycles. The van der Waals surface area contributed by atoms with Crippen LogP contribution in [0.1, 0.15) is 44.2 Å². The van der Waals surface area contributed by atoms with Gasteiger partial charge in [0.1, 0.15) is 0 Å². The van der Waals surface area contributed by atoms with Crippen molar-refractivity contribution in [2.24, 2.45) is 0 Å². The van der Waals surface area contributed by atoms with E-state index in [0.29, 0.717) is 19.3 Å². The molecule has 0 bridgehead atoms. The van der Waals surface area contributed by atoms with Gasteiger partial charge in [-0.15, -0.1) is 0 Å². The highest BCUT2D eigenvalue weighted by Crippen LogP contribution is 2.21. The van der Waals surface area contributed by atoms with Gasteiger partial charge >= 0.3 is 0 Å². The van der Waals surface area contributed by atoms with E-state index in [-0.39, 0.29) is 6.04 Å². The van der Waals surface area contributed by atoms with Crippen molar-refractivity contribution in [3.63, 3.8) is 0 Å². The molecule has 0 aliphatic heterocycles. The Morgan fingerprint density at radius 1 is 1.50 bits per heavy atom. The first-order valence-electron chi connectivity index (χ1n) is 6.81. The van der Waals surface area contributed by atoms with Gasteiger partial charge in [-0.1, -0.05) is 12.8 Å². The monoisotopic (exact) mass is 269 g/mol. The van der Waals surface area contributed by atoms with Crippen molar-refractivity contribution in [3.05, 3.63) is 22.4 Å². The van der Waals surface area contributed by atoms with E-state index in [1.165, 1.54) is 18.4 Å². The van der Waals surface area contributed by atoms with E-state index in [2.05, 4.69) is 29.1 Å². The van der Waals surface area contributed by atoms with Gasteiger partial charge in [-0.05, 0) is 42.2 Å². The maximum Gasteiger partial charge on any atom is 0.0898 e. The quantitative estimate of drug-likeness (QED) is 0.799. The molecule has 1 fully saturated rings. The molecule has 1 aliphatic rings. The third kappa shape index (κ3) is 4.35. The summed E-state index contributed by atoms with van der Waals surface area (Å²) in [6.45, 7) is 3.16. The number of ether oxygens (including phenoxy) is 1. The summed E-state index contributed by atoms with van der Waals surface area (Å²) >= 11 is 1.70. The molecule has 2 rings (SSSR count). The Balaban J connectivity index is 1.60. The fraction of sp³-hybridized carbons (Fsp3) is 0.714. The minimum Gasteiger partial charge on any atom is -0.389 e. The van der Waals surface area contributed by atoms with Gasteiger partial charge in [0.15, 0.2) is 0 Å². The summed E-state index contributed by atoms with van der Waals surface area (Å²) in [6.07, 6.45) is 4.83. The maximum atomic E-state index is 9.87. The molecule has 18 heavy (non-hydrogen) atoms. The zero-order valence-electron chi connectivity index (χ0n) is 11.0. The topological polar surface area (TPSA) is 41.5 Å². The van der Waals surface area contributed by atoms with Crippen molar-refractivity contribution in [3.8, 4) is 0 Å². The lowest BCUT2D eigenvalue weighted by atomic mass is 10.2. The van der Waals surface area contributed by atoms with Crippen LogP contribution in [0.3, 0.4) is 0 Å². The van der Waals surface area contributed by atoms with Gasteiger partial charge < -0.3 is 15.2 Å². The number of hydrogen-bond donors (Lipinski definition) is 2. The molecule has 3 nitrogen and oxygen atoms in total. The number of aliphatic hydroxyl groups is 1. The van der Waals surface area contributed by atoms with Gasteiger partial charge in [0.05, 0.1) is 18.8 Å². The molecule has 4 heteroatoms. The molecular weight excluding hydrogens is 246 g/mol. The third-order valence-electron chi connectivity index (χ3n) is 3.53. The van der Waals surface area contributed by atoms with Crippen LogP contribution in [-0.4, -0.2) is 30.5 Å². The average Bonchev–Trinajstić information content (AvgIpc) is 3.05. The third-order valence-corrected chi connectivity index (χ3v) is 4.23. The molecule has 1 saturated carbocycles.